The van der Waals surface area contributed by atoms with Crippen molar-refractivity contribution in [2.45, 2.75) is 11.8 Å². The Kier molecular flexibility index (Phi) is 2.61. The van der Waals surface area contributed by atoms with Crippen molar-refractivity contribution in [1.82, 2.24) is 4.98 Å². The molecule has 0 aliphatic carbocycles. The molecule has 0 bridgehead atoms. The van der Waals surface area contributed by atoms with E-state index in [2.05, 4.69) is 4.98 Å². The first kappa shape index (κ1) is 9.74. The second kappa shape index (κ2) is 3.75. The lowest BCUT2D eigenvalue weighted by atomic mass is 10.4. The van der Waals surface area contributed by atoms with Gasteiger partial charge in [0.15, 0.2) is 5.15 Å². The van der Waals surface area contributed by atoms with E-state index in [1.165, 1.54) is 0 Å². The topological polar surface area (TPSA) is 33.2 Å². The van der Waals surface area contributed by atoms with Gasteiger partial charge in [-0.3, -0.25) is 4.79 Å². The lowest BCUT2D eigenvalue weighted by molar-refractivity contribution is -0.117. The molecular weight excluding hydrogens is 223 g/mol. The van der Waals surface area contributed by atoms with Crippen LogP contribution in [0.5, 0.6) is 0 Å². The molecule has 1 aromatic heterocycles. The Morgan fingerprint density at radius 1 is 1.57 bits per heavy atom. The van der Waals surface area contributed by atoms with E-state index in [0.29, 0.717) is 23.8 Å². The number of carbonyl (C=O) groups is 1. The van der Waals surface area contributed by atoms with Crippen molar-refractivity contribution in [3.63, 3.8) is 0 Å². The molecule has 74 valence electrons. The van der Waals surface area contributed by atoms with E-state index >= 15 is 0 Å². The normalized spacial score (nSPS) is 21.7. The Morgan fingerprint density at radius 3 is 2.93 bits per heavy atom. The second-order valence-corrected chi connectivity index (χ2v) is 4.09. The van der Waals surface area contributed by atoms with Gasteiger partial charge in [-0.25, -0.2) is 4.98 Å². The van der Waals surface area contributed by atoms with Gasteiger partial charge in [0.2, 0.25) is 5.91 Å². The molecule has 5 heteroatoms. The smallest absolute Gasteiger partial charge is 0.228 e. The number of hydrogen-bond acceptors (Lipinski definition) is 2. The fraction of sp³-hybridized carbons (Fsp3) is 0.333. The number of nitrogens with zero attached hydrogens (tertiary/aromatic N) is 2. The predicted octanol–water partition coefficient (Wildman–Crippen LogP) is 2.08. The van der Waals surface area contributed by atoms with Gasteiger partial charge in [-0.05, 0) is 12.1 Å². The molecule has 1 aliphatic rings. The van der Waals surface area contributed by atoms with E-state index < -0.39 is 0 Å². The highest BCUT2D eigenvalue weighted by atomic mass is 35.5. The molecule has 1 saturated heterocycles. The second-order valence-electron chi connectivity index (χ2n) is 3.12. The minimum atomic E-state index is -0.126. The number of carbonyl (C=O) groups excluding carboxylic acids is 1. The number of alkyl halides is 1. The largest absolute Gasteiger partial charge is 0.308 e. The van der Waals surface area contributed by atoms with Gasteiger partial charge in [-0.2, -0.15) is 0 Å². The predicted molar refractivity (Wildman–Crippen MR) is 55.9 cm³/mol. The SMILES string of the molecule is O=C1CC(Cl)CN1c1cccnc1Cl. The van der Waals surface area contributed by atoms with Gasteiger partial charge in [0.25, 0.3) is 0 Å². The van der Waals surface area contributed by atoms with E-state index in [-0.39, 0.29) is 11.3 Å². The first-order valence-electron chi connectivity index (χ1n) is 4.23. The van der Waals surface area contributed by atoms with Crippen LogP contribution in [0, 0.1) is 0 Å². The molecular formula is C9H8Cl2N2O. The molecule has 1 atom stereocenters. The van der Waals surface area contributed by atoms with Gasteiger partial charge in [-0.15, -0.1) is 11.6 Å². The quantitative estimate of drug-likeness (QED) is 0.547. The Bertz CT molecular complexity index is 370. The van der Waals surface area contributed by atoms with Crippen LogP contribution in [0.1, 0.15) is 6.42 Å². The third-order valence-corrected chi connectivity index (χ3v) is 2.69. The fourth-order valence-corrected chi connectivity index (χ4v) is 1.97. The van der Waals surface area contributed by atoms with Crippen molar-refractivity contribution in [3.8, 4) is 0 Å². The fourth-order valence-electron chi connectivity index (χ4n) is 1.48. The third kappa shape index (κ3) is 1.70. The highest BCUT2D eigenvalue weighted by Gasteiger charge is 2.30. The molecule has 1 unspecified atom stereocenters. The summed E-state index contributed by atoms with van der Waals surface area (Å²) in [7, 11) is 0. The summed E-state index contributed by atoms with van der Waals surface area (Å²) in [6.45, 7) is 0.506. The molecule has 2 rings (SSSR count). The van der Waals surface area contributed by atoms with Crippen molar-refractivity contribution in [3.05, 3.63) is 23.5 Å². The summed E-state index contributed by atoms with van der Waals surface area (Å²) >= 11 is 11.7. The summed E-state index contributed by atoms with van der Waals surface area (Å²) in [5.41, 5.74) is 0.641. The van der Waals surface area contributed by atoms with Gasteiger partial charge in [0.1, 0.15) is 0 Å². The minimum absolute atomic E-state index is 0.0000926. The minimum Gasteiger partial charge on any atom is -0.308 e. The standard InChI is InChI=1S/C9H8Cl2N2O/c10-6-4-8(14)13(5-6)7-2-1-3-12-9(7)11/h1-3,6H,4-5H2. The van der Waals surface area contributed by atoms with Gasteiger partial charge in [-0.1, -0.05) is 11.6 Å². The summed E-state index contributed by atoms with van der Waals surface area (Å²) in [6, 6.07) is 3.51. The molecule has 0 spiro atoms. The van der Waals surface area contributed by atoms with Crippen LogP contribution < -0.4 is 4.90 Å². The molecule has 2 heterocycles. The molecule has 1 fully saturated rings. The van der Waals surface area contributed by atoms with Crippen LogP contribution >= 0.6 is 23.2 Å². The Labute approximate surface area is 91.6 Å². The molecule has 1 amide bonds. The molecule has 1 aliphatic heterocycles. The van der Waals surface area contributed by atoms with E-state index in [9.17, 15) is 4.79 Å². The van der Waals surface area contributed by atoms with Gasteiger partial charge < -0.3 is 4.90 Å². The van der Waals surface area contributed by atoms with Crippen LogP contribution in [-0.2, 0) is 4.79 Å². The molecule has 14 heavy (non-hydrogen) atoms. The van der Waals surface area contributed by atoms with Crippen molar-refractivity contribution >= 4 is 34.8 Å². The van der Waals surface area contributed by atoms with E-state index in [4.69, 9.17) is 23.2 Å². The Hall–Kier alpha value is -0.800. The molecule has 0 radical (unpaired) electrons. The Balaban J connectivity index is 2.32. The number of pyridine rings is 1. The summed E-state index contributed by atoms with van der Waals surface area (Å²) < 4.78 is 0. The van der Waals surface area contributed by atoms with Crippen LogP contribution in [0.4, 0.5) is 5.69 Å². The first-order chi connectivity index (χ1) is 6.68. The summed E-state index contributed by atoms with van der Waals surface area (Å²) in [5, 5.41) is 0.213. The van der Waals surface area contributed by atoms with Crippen LogP contribution in [0.3, 0.4) is 0 Å². The molecule has 0 aromatic carbocycles. The zero-order chi connectivity index (χ0) is 10.1. The lowest BCUT2D eigenvalue weighted by Gasteiger charge is -2.16. The molecule has 1 aromatic rings. The monoisotopic (exact) mass is 230 g/mol. The van der Waals surface area contributed by atoms with Crippen molar-refractivity contribution in [2.75, 3.05) is 11.4 Å². The number of hydrogen-bond donors (Lipinski definition) is 0. The summed E-state index contributed by atoms with van der Waals surface area (Å²) in [5.74, 6) is -0.0000926. The first-order valence-corrected chi connectivity index (χ1v) is 5.05. The maximum Gasteiger partial charge on any atom is 0.228 e. The van der Waals surface area contributed by atoms with E-state index in [1.807, 2.05) is 0 Å². The number of amides is 1. The number of rotatable bonds is 1. The van der Waals surface area contributed by atoms with Crippen LogP contribution in [0.2, 0.25) is 5.15 Å². The van der Waals surface area contributed by atoms with Gasteiger partial charge >= 0.3 is 0 Å². The van der Waals surface area contributed by atoms with Crippen LogP contribution in [0.15, 0.2) is 18.3 Å². The van der Waals surface area contributed by atoms with Crippen LogP contribution in [-0.4, -0.2) is 22.8 Å². The van der Waals surface area contributed by atoms with E-state index in [1.54, 1.807) is 23.2 Å². The van der Waals surface area contributed by atoms with Crippen molar-refractivity contribution < 1.29 is 4.79 Å². The molecule has 0 N–H and O–H groups in total. The average Bonchev–Trinajstić information content (AvgIpc) is 2.46. The number of halogens is 2. The number of anilines is 1. The highest BCUT2D eigenvalue weighted by molar-refractivity contribution is 6.33. The molecule has 0 saturated carbocycles. The summed E-state index contributed by atoms with van der Waals surface area (Å²) in [6.07, 6.45) is 1.96. The maximum absolute atomic E-state index is 11.5. The zero-order valence-electron chi connectivity index (χ0n) is 7.28. The van der Waals surface area contributed by atoms with Crippen molar-refractivity contribution in [1.29, 1.82) is 0 Å². The van der Waals surface area contributed by atoms with Crippen LogP contribution in [0.25, 0.3) is 0 Å². The highest BCUT2D eigenvalue weighted by Crippen LogP contribution is 2.28. The van der Waals surface area contributed by atoms with Gasteiger partial charge in [0.05, 0.1) is 11.1 Å². The average molecular weight is 231 g/mol. The van der Waals surface area contributed by atoms with E-state index in [0.717, 1.165) is 0 Å². The third-order valence-electron chi connectivity index (χ3n) is 2.11. The molecule has 3 nitrogen and oxygen atoms in total. The zero-order valence-corrected chi connectivity index (χ0v) is 8.79. The lowest BCUT2D eigenvalue weighted by Crippen LogP contribution is -2.25. The number of aromatic nitrogens is 1. The van der Waals surface area contributed by atoms with Crippen molar-refractivity contribution in [2.24, 2.45) is 0 Å². The Morgan fingerprint density at radius 2 is 2.36 bits per heavy atom. The maximum atomic E-state index is 11.5. The van der Waals surface area contributed by atoms with Gasteiger partial charge in [0, 0.05) is 19.2 Å². The summed E-state index contributed by atoms with van der Waals surface area (Å²) in [4.78, 5) is 17.0.